The maximum atomic E-state index is 13.5. The lowest BCUT2D eigenvalue weighted by Crippen LogP contribution is -2.37. The average molecular weight is 695 g/mol. The van der Waals surface area contributed by atoms with E-state index in [-0.39, 0.29) is 18.1 Å². The summed E-state index contributed by atoms with van der Waals surface area (Å²) >= 11 is 0. The van der Waals surface area contributed by atoms with Gasteiger partial charge in [-0.05, 0) is 65.6 Å². The molecule has 5 aromatic rings. The Hall–Kier alpha value is -6.56. The van der Waals surface area contributed by atoms with E-state index in [1.165, 1.54) is 0 Å². The summed E-state index contributed by atoms with van der Waals surface area (Å²) in [6, 6.07) is 18.4. The van der Waals surface area contributed by atoms with E-state index < -0.39 is 6.04 Å². The Balaban J connectivity index is 1.26. The third-order valence-corrected chi connectivity index (χ3v) is 8.78. The number of amides is 4. The van der Waals surface area contributed by atoms with Gasteiger partial charge in [0.25, 0.3) is 0 Å². The van der Waals surface area contributed by atoms with E-state index in [9.17, 15) is 9.59 Å². The van der Waals surface area contributed by atoms with Crippen LogP contribution in [0.4, 0.5) is 21.0 Å². The van der Waals surface area contributed by atoms with Gasteiger partial charge in [0.1, 0.15) is 5.84 Å². The standard InChI is InChI=1S/C40H42N10O2/c1-6-13-28(14-7-2)45-39(51)47-34-19-12-20-43-38(34)50-25-27(23-44-50)30-17-11-18-33-35(30)31-15-9-10-16-32(31)36(33)48-40(52)46-29-21-26(22-42-24-29)37(41-4)49(5)8-3/h6,8-13,15-25,28,36H,3,7,14H2,1-2,4-5H3,(H2,45,47,51)(H2,46,48,52). The number of rotatable bonds is 11. The highest BCUT2D eigenvalue weighted by Crippen LogP contribution is 2.48. The summed E-state index contributed by atoms with van der Waals surface area (Å²) in [6.45, 7) is 7.83. The van der Waals surface area contributed by atoms with Gasteiger partial charge in [-0.3, -0.25) is 9.98 Å². The molecule has 52 heavy (non-hydrogen) atoms. The van der Waals surface area contributed by atoms with Gasteiger partial charge in [0.15, 0.2) is 5.82 Å². The normalized spacial score (nSPS) is 13.9. The summed E-state index contributed by atoms with van der Waals surface area (Å²) in [7, 11) is 3.54. The summed E-state index contributed by atoms with van der Waals surface area (Å²) in [4.78, 5) is 41.5. The number of benzene rings is 2. The van der Waals surface area contributed by atoms with Gasteiger partial charge < -0.3 is 26.2 Å². The molecule has 3 aromatic heterocycles. The fourth-order valence-electron chi connectivity index (χ4n) is 6.50. The zero-order valence-corrected chi connectivity index (χ0v) is 29.7. The lowest BCUT2D eigenvalue weighted by molar-refractivity contribution is 0.249. The number of urea groups is 2. The molecule has 4 N–H and O–H groups in total. The first-order chi connectivity index (χ1) is 25.3. The Labute approximate surface area is 303 Å². The first-order valence-corrected chi connectivity index (χ1v) is 17.1. The predicted molar refractivity (Wildman–Crippen MR) is 207 cm³/mol. The van der Waals surface area contributed by atoms with Crippen LogP contribution in [-0.4, -0.2) is 62.7 Å². The second-order valence-electron chi connectivity index (χ2n) is 12.3. The number of nitrogens with one attached hydrogen (secondary N) is 4. The molecule has 12 heteroatoms. The number of hydrogen-bond donors (Lipinski definition) is 4. The maximum Gasteiger partial charge on any atom is 0.320 e. The molecule has 0 bridgehead atoms. The minimum Gasteiger partial charge on any atom is -0.336 e. The third-order valence-electron chi connectivity index (χ3n) is 8.78. The van der Waals surface area contributed by atoms with E-state index >= 15 is 0 Å². The number of aliphatic imine (C=N–C) groups is 1. The van der Waals surface area contributed by atoms with Crippen LogP contribution < -0.4 is 21.3 Å². The van der Waals surface area contributed by atoms with Crippen molar-refractivity contribution in [2.45, 2.75) is 38.8 Å². The molecule has 0 spiro atoms. The predicted octanol–water partition coefficient (Wildman–Crippen LogP) is 7.54. The fourth-order valence-corrected chi connectivity index (χ4v) is 6.50. The Morgan fingerprint density at radius 3 is 2.62 bits per heavy atom. The lowest BCUT2D eigenvalue weighted by Gasteiger charge is -2.18. The van der Waals surface area contributed by atoms with Crippen molar-refractivity contribution in [1.29, 1.82) is 0 Å². The molecule has 0 fully saturated rings. The molecule has 0 radical (unpaired) electrons. The largest absolute Gasteiger partial charge is 0.336 e. The van der Waals surface area contributed by atoms with Gasteiger partial charge >= 0.3 is 12.1 Å². The van der Waals surface area contributed by atoms with Crippen LogP contribution >= 0.6 is 0 Å². The van der Waals surface area contributed by atoms with Crippen molar-refractivity contribution in [1.82, 2.24) is 35.3 Å². The highest BCUT2D eigenvalue weighted by Gasteiger charge is 2.32. The van der Waals surface area contributed by atoms with Gasteiger partial charge in [-0.15, -0.1) is 0 Å². The molecule has 6 rings (SSSR count). The van der Waals surface area contributed by atoms with Crippen molar-refractivity contribution in [2.24, 2.45) is 4.99 Å². The van der Waals surface area contributed by atoms with E-state index in [1.54, 1.807) is 59.7 Å². The molecular weight excluding hydrogens is 653 g/mol. The Morgan fingerprint density at radius 2 is 1.83 bits per heavy atom. The summed E-state index contributed by atoms with van der Waals surface area (Å²) in [5, 5.41) is 16.8. The lowest BCUT2D eigenvalue weighted by atomic mass is 9.96. The summed E-state index contributed by atoms with van der Waals surface area (Å²) in [5.41, 5.74) is 7.57. The Morgan fingerprint density at radius 1 is 1.02 bits per heavy atom. The van der Waals surface area contributed by atoms with Crippen LogP contribution in [0.15, 0.2) is 122 Å². The van der Waals surface area contributed by atoms with E-state index in [2.05, 4.69) is 60.9 Å². The number of hydrogen-bond acceptors (Lipinski definition) is 6. The number of amidine groups is 1. The molecule has 3 heterocycles. The number of nitrogens with zero attached hydrogens (tertiary/aromatic N) is 6. The van der Waals surface area contributed by atoms with Crippen molar-refractivity contribution < 1.29 is 9.59 Å². The zero-order chi connectivity index (χ0) is 36.6. The molecule has 1 aliphatic rings. The molecule has 2 unspecified atom stereocenters. The highest BCUT2D eigenvalue weighted by atomic mass is 16.2. The van der Waals surface area contributed by atoms with Gasteiger partial charge in [-0.2, -0.15) is 5.10 Å². The Bertz CT molecular complexity index is 2150. The van der Waals surface area contributed by atoms with Crippen molar-refractivity contribution in [3.05, 3.63) is 133 Å². The van der Waals surface area contributed by atoms with Gasteiger partial charge in [-0.1, -0.05) is 74.5 Å². The third kappa shape index (κ3) is 7.46. The van der Waals surface area contributed by atoms with E-state index in [0.717, 1.165) is 51.8 Å². The topological polar surface area (TPSA) is 141 Å². The van der Waals surface area contributed by atoms with Gasteiger partial charge in [0, 0.05) is 49.9 Å². The van der Waals surface area contributed by atoms with Gasteiger partial charge in [0.2, 0.25) is 0 Å². The van der Waals surface area contributed by atoms with Crippen LogP contribution in [0.5, 0.6) is 0 Å². The SMILES string of the molecule is C=CN(C)C(=NC)c1cncc(NC(=O)NC2c3ccccc3-c3c(-c4cnn(-c5ncccc5NC(=O)NC(C=CC)CCC)c4)cccc32)c1. The number of aromatic nitrogens is 4. The molecule has 12 nitrogen and oxygen atoms in total. The van der Waals surface area contributed by atoms with E-state index in [0.29, 0.717) is 23.0 Å². The number of pyridine rings is 2. The van der Waals surface area contributed by atoms with Crippen LogP contribution in [0.25, 0.3) is 28.1 Å². The van der Waals surface area contributed by atoms with Crippen LogP contribution in [0.3, 0.4) is 0 Å². The number of allylic oxidation sites excluding steroid dienone is 1. The fraction of sp³-hybridized carbons (Fsp3) is 0.200. The van der Waals surface area contributed by atoms with Crippen molar-refractivity contribution in [3.8, 4) is 28.1 Å². The van der Waals surface area contributed by atoms with Crippen molar-refractivity contribution in [3.63, 3.8) is 0 Å². The number of carbonyl (C=O) groups excluding carboxylic acids is 2. The first-order valence-electron chi connectivity index (χ1n) is 17.1. The summed E-state index contributed by atoms with van der Waals surface area (Å²) in [6.07, 6.45) is 16.0. The maximum absolute atomic E-state index is 13.5. The average Bonchev–Trinajstić information content (AvgIpc) is 3.76. The molecule has 2 atom stereocenters. The number of carbonyl (C=O) groups is 2. The highest BCUT2D eigenvalue weighted by molar-refractivity contribution is 6.01. The van der Waals surface area contributed by atoms with Crippen molar-refractivity contribution in [2.75, 3.05) is 24.7 Å². The zero-order valence-electron chi connectivity index (χ0n) is 29.7. The van der Waals surface area contributed by atoms with Gasteiger partial charge in [0.05, 0.1) is 29.8 Å². The number of fused-ring (bicyclic) bond motifs is 3. The van der Waals surface area contributed by atoms with Crippen LogP contribution in [-0.2, 0) is 0 Å². The summed E-state index contributed by atoms with van der Waals surface area (Å²) in [5.74, 6) is 1.15. The molecule has 2 aromatic carbocycles. The first kappa shape index (κ1) is 35.3. The Kier molecular flexibility index (Phi) is 10.8. The molecule has 0 aliphatic heterocycles. The molecule has 4 amide bonds. The molecule has 264 valence electrons. The molecular formula is C40H42N10O2. The second kappa shape index (κ2) is 16.0. The van der Waals surface area contributed by atoms with Gasteiger partial charge in [-0.25, -0.2) is 19.3 Å². The smallest absolute Gasteiger partial charge is 0.320 e. The van der Waals surface area contributed by atoms with E-state index in [1.807, 2.05) is 74.8 Å². The second-order valence-corrected chi connectivity index (χ2v) is 12.3. The van der Waals surface area contributed by atoms with Crippen molar-refractivity contribution >= 4 is 29.3 Å². The van der Waals surface area contributed by atoms with Crippen LogP contribution in [0, 0.1) is 0 Å². The van der Waals surface area contributed by atoms with E-state index in [4.69, 9.17) is 0 Å². The number of anilines is 2. The molecule has 0 saturated carbocycles. The van der Waals surface area contributed by atoms with Crippen LogP contribution in [0.1, 0.15) is 49.4 Å². The van der Waals surface area contributed by atoms with Crippen LogP contribution in [0.2, 0.25) is 0 Å². The quantitative estimate of drug-likeness (QED) is 0.0640. The minimum atomic E-state index is -0.402. The monoisotopic (exact) mass is 694 g/mol. The summed E-state index contributed by atoms with van der Waals surface area (Å²) < 4.78 is 1.66. The minimum absolute atomic E-state index is 0.0688. The molecule has 1 aliphatic carbocycles. The molecule has 0 saturated heterocycles.